The number of hydrogen-bond acceptors (Lipinski definition) is 9. The third kappa shape index (κ3) is 7.72. The number of halogens is 1. The van der Waals surface area contributed by atoms with Crippen molar-refractivity contribution in [2.45, 2.75) is 33.2 Å². The van der Waals surface area contributed by atoms with Gasteiger partial charge in [-0.05, 0) is 24.3 Å². The molecule has 1 amide bonds. The molecule has 0 radical (unpaired) electrons. The van der Waals surface area contributed by atoms with Crippen LogP contribution in [-0.4, -0.2) is 38.9 Å². The Morgan fingerprint density at radius 1 is 1.08 bits per heavy atom. The van der Waals surface area contributed by atoms with Crippen LogP contribution in [0.5, 0.6) is 0 Å². The molecule has 3 N–H and O–H groups in total. The first-order valence-corrected chi connectivity index (χ1v) is 12.6. The highest BCUT2D eigenvalue weighted by atomic mass is 32.1. The van der Waals surface area contributed by atoms with Crippen LogP contribution in [0.15, 0.2) is 54.9 Å². The van der Waals surface area contributed by atoms with Gasteiger partial charge in [0.1, 0.15) is 17.0 Å². The fourth-order valence-corrected chi connectivity index (χ4v) is 4.29. The number of fused-ring (bicyclic) bond motifs is 1. The van der Waals surface area contributed by atoms with E-state index in [0.29, 0.717) is 36.5 Å². The summed E-state index contributed by atoms with van der Waals surface area (Å²) in [5, 5.41) is 20.8. The highest BCUT2D eigenvalue weighted by Crippen LogP contribution is 2.27. The van der Waals surface area contributed by atoms with Gasteiger partial charge in [-0.2, -0.15) is 0 Å². The van der Waals surface area contributed by atoms with Gasteiger partial charge in [-0.1, -0.05) is 26.0 Å². The summed E-state index contributed by atoms with van der Waals surface area (Å²) in [6, 6.07) is 10.8. The van der Waals surface area contributed by atoms with Gasteiger partial charge in [0, 0.05) is 44.4 Å². The minimum Gasteiger partial charge on any atom is -0.362 e. The summed E-state index contributed by atoms with van der Waals surface area (Å²) < 4.78 is 14.8. The number of carbonyl (C=O) groups excluding carboxylic acids is 1. The Balaban J connectivity index is 0.00000186. The molecule has 0 saturated carbocycles. The van der Waals surface area contributed by atoms with Gasteiger partial charge in [0.15, 0.2) is 5.82 Å². The van der Waals surface area contributed by atoms with Crippen LogP contribution < -0.4 is 16.0 Å². The van der Waals surface area contributed by atoms with Crippen molar-refractivity contribution in [3.05, 3.63) is 81.5 Å². The van der Waals surface area contributed by atoms with Crippen molar-refractivity contribution in [1.29, 1.82) is 0 Å². The lowest BCUT2D eigenvalue weighted by molar-refractivity contribution is -0.383. The van der Waals surface area contributed by atoms with Gasteiger partial charge in [-0.15, -0.1) is 11.3 Å². The monoisotopic (exact) mass is 525 g/mol. The predicted octanol–water partition coefficient (Wildman–Crippen LogP) is 4.93. The number of rotatable bonds is 11. The van der Waals surface area contributed by atoms with Crippen LogP contribution in [0, 0.1) is 15.9 Å². The van der Waals surface area contributed by atoms with Gasteiger partial charge >= 0.3 is 0 Å². The average Bonchev–Trinajstić information content (AvgIpc) is 3.33. The molecule has 1 aromatic carbocycles. The number of nitrogens with zero attached hydrogens (tertiary/aromatic N) is 4. The summed E-state index contributed by atoms with van der Waals surface area (Å²) >= 11 is 1.54. The number of nitro groups is 1. The van der Waals surface area contributed by atoms with E-state index in [1.807, 2.05) is 19.9 Å². The van der Waals surface area contributed by atoms with Crippen LogP contribution in [-0.2, 0) is 17.8 Å². The highest BCUT2D eigenvalue weighted by Gasteiger charge is 2.14. The molecule has 4 aromatic rings. The second-order valence-electron chi connectivity index (χ2n) is 7.47. The van der Waals surface area contributed by atoms with Crippen LogP contribution >= 0.6 is 11.3 Å². The number of anilines is 2. The molecule has 0 fully saturated rings. The summed E-state index contributed by atoms with van der Waals surface area (Å²) in [7, 11) is 0. The Labute approximate surface area is 217 Å². The Morgan fingerprint density at radius 3 is 2.68 bits per heavy atom. The first-order chi connectivity index (χ1) is 18.0. The highest BCUT2D eigenvalue weighted by molar-refractivity contribution is 7.18. The van der Waals surface area contributed by atoms with Crippen LogP contribution in [0.2, 0.25) is 0 Å². The minimum atomic E-state index is -0.529. The molecule has 12 heteroatoms. The largest absolute Gasteiger partial charge is 0.362 e. The Kier molecular flexibility index (Phi) is 10.4. The smallest absolute Gasteiger partial charge is 0.292 e. The molecule has 0 atom stereocenters. The molecule has 0 saturated heterocycles. The Morgan fingerprint density at radius 2 is 1.89 bits per heavy atom. The fourth-order valence-electron chi connectivity index (χ4n) is 3.33. The number of amides is 1. The second-order valence-corrected chi connectivity index (χ2v) is 8.59. The minimum absolute atomic E-state index is 0.141. The summed E-state index contributed by atoms with van der Waals surface area (Å²) in [5.74, 6) is -0.125. The Hall–Kier alpha value is -4.03. The summed E-state index contributed by atoms with van der Waals surface area (Å²) in [6.45, 7) is 5.22. The maximum atomic E-state index is 13.8. The summed E-state index contributed by atoms with van der Waals surface area (Å²) in [5.41, 5.74) is 1.06. The number of thiazole rings is 1. The molecule has 0 spiro atoms. The van der Waals surface area contributed by atoms with Crippen molar-refractivity contribution in [2.75, 3.05) is 23.7 Å². The lowest BCUT2D eigenvalue weighted by Crippen LogP contribution is -2.23. The standard InChI is InChI=1S/C23H22FN7O3S.C2H6/c24-15-4-3-10-26-17(15)14-28-23-22-19(7-13-27-23)35-21(30-22)9-12-25-11-8-20(32)29-16-5-1-2-6-18(16)31(33)34;1-2/h1-7,10,13,25H,8-9,11-12,14H2,(H,27,28)(H,29,32);1-2H3. The van der Waals surface area contributed by atoms with Crippen molar-refractivity contribution in [3.8, 4) is 0 Å². The summed E-state index contributed by atoms with van der Waals surface area (Å²) in [4.78, 5) is 35.7. The third-order valence-electron chi connectivity index (χ3n) is 5.03. The number of hydrogen-bond donors (Lipinski definition) is 3. The second kappa shape index (κ2) is 13.9. The molecule has 194 valence electrons. The van der Waals surface area contributed by atoms with E-state index < -0.39 is 4.92 Å². The zero-order chi connectivity index (χ0) is 26.6. The van der Waals surface area contributed by atoms with E-state index in [9.17, 15) is 19.3 Å². The molecular weight excluding hydrogens is 497 g/mol. The molecule has 0 unspecified atom stereocenters. The van der Waals surface area contributed by atoms with Gasteiger partial charge in [-0.3, -0.25) is 19.9 Å². The van der Waals surface area contributed by atoms with E-state index in [-0.39, 0.29) is 36.1 Å². The average molecular weight is 526 g/mol. The molecule has 3 aromatic heterocycles. The fraction of sp³-hybridized carbons (Fsp3) is 0.280. The van der Waals surface area contributed by atoms with Crippen LogP contribution in [0.1, 0.15) is 31.0 Å². The molecule has 4 rings (SSSR count). The molecule has 3 heterocycles. The van der Waals surface area contributed by atoms with Crippen molar-refractivity contribution < 1.29 is 14.1 Å². The quantitative estimate of drug-likeness (QED) is 0.142. The van der Waals surface area contributed by atoms with Gasteiger partial charge in [-0.25, -0.2) is 14.4 Å². The van der Waals surface area contributed by atoms with Crippen molar-refractivity contribution >= 4 is 44.7 Å². The maximum absolute atomic E-state index is 13.8. The molecule has 0 aliphatic carbocycles. The maximum Gasteiger partial charge on any atom is 0.292 e. The number of nitro benzene ring substituents is 1. The number of nitrogens with one attached hydrogen (secondary N) is 3. The van der Waals surface area contributed by atoms with E-state index >= 15 is 0 Å². The molecular formula is C25H28FN7O3S. The number of pyridine rings is 2. The zero-order valence-corrected chi connectivity index (χ0v) is 21.3. The SMILES string of the molecule is CC.O=C(CCNCCc1nc2c(NCc3ncccc3F)nccc2s1)Nc1ccccc1[N+](=O)[O-]. The number of benzene rings is 1. The van der Waals surface area contributed by atoms with Gasteiger partial charge in [0.2, 0.25) is 5.91 Å². The van der Waals surface area contributed by atoms with Gasteiger partial charge in [0.25, 0.3) is 5.69 Å². The van der Waals surface area contributed by atoms with E-state index in [2.05, 4.69) is 30.9 Å². The van der Waals surface area contributed by atoms with Gasteiger partial charge < -0.3 is 16.0 Å². The number of para-hydroxylation sites is 2. The molecule has 0 aliphatic rings. The molecule has 10 nitrogen and oxygen atoms in total. The topological polar surface area (TPSA) is 135 Å². The third-order valence-corrected chi connectivity index (χ3v) is 6.11. The van der Waals surface area contributed by atoms with E-state index in [1.54, 1.807) is 35.7 Å². The normalized spacial score (nSPS) is 10.5. The van der Waals surface area contributed by atoms with Crippen LogP contribution in [0.25, 0.3) is 10.2 Å². The van der Waals surface area contributed by atoms with Crippen molar-refractivity contribution in [1.82, 2.24) is 20.3 Å². The van der Waals surface area contributed by atoms with E-state index in [0.717, 1.165) is 9.71 Å². The van der Waals surface area contributed by atoms with Crippen LogP contribution in [0.4, 0.5) is 21.6 Å². The first kappa shape index (κ1) is 27.6. The summed E-state index contributed by atoms with van der Waals surface area (Å²) in [6.07, 6.45) is 4.04. The van der Waals surface area contributed by atoms with Crippen molar-refractivity contribution in [2.24, 2.45) is 0 Å². The number of aromatic nitrogens is 3. The first-order valence-electron chi connectivity index (χ1n) is 11.8. The Bertz CT molecular complexity index is 1350. The van der Waals surface area contributed by atoms with E-state index in [1.165, 1.54) is 24.4 Å². The molecule has 37 heavy (non-hydrogen) atoms. The lowest BCUT2D eigenvalue weighted by Gasteiger charge is -2.06. The lowest BCUT2D eigenvalue weighted by atomic mass is 10.2. The van der Waals surface area contributed by atoms with Crippen LogP contribution in [0.3, 0.4) is 0 Å². The van der Waals surface area contributed by atoms with Crippen molar-refractivity contribution in [3.63, 3.8) is 0 Å². The number of carbonyl (C=O) groups is 1. The molecule has 0 bridgehead atoms. The predicted molar refractivity (Wildman–Crippen MR) is 143 cm³/mol. The van der Waals surface area contributed by atoms with E-state index in [4.69, 9.17) is 0 Å². The van der Waals surface area contributed by atoms with Gasteiger partial charge in [0.05, 0.1) is 26.9 Å². The zero-order valence-electron chi connectivity index (χ0n) is 20.5. The molecule has 0 aliphatic heterocycles.